The number of nitrogens with two attached hydrogens (primary N) is 1. The Kier molecular flexibility index (Phi) is 5.37. The molecular weight excluding hydrogens is 502 g/mol. The molecule has 1 fully saturated rings. The number of aryl methyl sites for hydroxylation is 1. The van der Waals surface area contributed by atoms with Crippen LogP contribution in [0.25, 0.3) is 33.7 Å². The fourth-order valence-electron chi connectivity index (χ4n) is 3.57. The predicted molar refractivity (Wildman–Crippen MR) is 128 cm³/mol. The molecule has 0 radical (unpaired) electrons. The Morgan fingerprint density at radius 2 is 1.94 bits per heavy atom. The molecule has 0 unspecified atom stereocenters. The van der Waals surface area contributed by atoms with Crippen LogP contribution in [0.2, 0.25) is 5.02 Å². The van der Waals surface area contributed by atoms with Crippen molar-refractivity contribution < 1.29 is 16.8 Å². The molecule has 34 heavy (non-hydrogen) atoms. The van der Waals surface area contributed by atoms with Crippen molar-refractivity contribution in [2.45, 2.75) is 24.6 Å². The fourth-order valence-corrected chi connectivity index (χ4v) is 5.75. The summed E-state index contributed by atoms with van der Waals surface area (Å²) in [4.78, 5) is 8.93. The van der Waals surface area contributed by atoms with Crippen LogP contribution in [0.3, 0.4) is 0 Å². The van der Waals surface area contributed by atoms with Crippen molar-refractivity contribution in [1.82, 2.24) is 28.9 Å². The second kappa shape index (κ2) is 8.03. The van der Waals surface area contributed by atoms with E-state index in [1.807, 2.05) is 0 Å². The van der Waals surface area contributed by atoms with Gasteiger partial charge in [-0.3, -0.25) is 4.68 Å². The van der Waals surface area contributed by atoms with Crippen molar-refractivity contribution in [3.8, 4) is 22.8 Å². The summed E-state index contributed by atoms with van der Waals surface area (Å²) < 4.78 is 51.0. The van der Waals surface area contributed by atoms with Gasteiger partial charge >= 0.3 is 0 Å². The van der Waals surface area contributed by atoms with Crippen molar-refractivity contribution in [2.24, 2.45) is 0 Å². The third-order valence-corrected chi connectivity index (χ3v) is 8.67. The third kappa shape index (κ3) is 4.26. The average molecular weight is 522 g/mol. The monoisotopic (exact) mass is 521 g/mol. The molecular formula is C20H20ClN7O4S2. The van der Waals surface area contributed by atoms with Crippen LogP contribution < -0.4 is 5.73 Å². The van der Waals surface area contributed by atoms with Gasteiger partial charge in [-0.2, -0.15) is 14.3 Å². The van der Waals surface area contributed by atoms with Crippen molar-refractivity contribution in [3.05, 3.63) is 41.8 Å². The first-order valence-corrected chi connectivity index (χ1v) is 14.2. The number of nitrogens with zero attached hydrogens (tertiary/aromatic N) is 6. The van der Waals surface area contributed by atoms with Gasteiger partial charge in [-0.1, -0.05) is 11.6 Å². The van der Waals surface area contributed by atoms with E-state index in [1.54, 1.807) is 18.2 Å². The van der Waals surface area contributed by atoms with Crippen LogP contribution in [0.15, 0.2) is 36.8 Å². The number of rotatable bonds is 7. The zero-order valence-electron chi connectivity index (χ0n) is 18.0. The maximum atomic E-state index is 12.5. The van der Waals surface area contributed by atoms with Crippen molar-refractivity contribution in [3.63, 3.8) is 0 Å². The van der Waals surface area contributed by atoms with Crippen LogP contribution >= 0.6 is 11.6 Å². The van der Waals surface area contributed by atoms with Crippen LogP contribution in [0, 0.1) is 0 Å². The van der Waals surface area contributed by atoms with Gasteiger partial charge in [0.05, 0.1) is 52.4 Å². The molecule has 178 valence electrons. The minimum Gasteiger partial charge on any atom is -0.399 e. The van der Waals surface area contributed by atoms with E-state index >= 15 is 0 Å². The number of benzene rings is 1. The molecule has 0 spiro atoms. The van der Waals surface area contributed by atoms with Crippen LogP contribution in [0.4, 0.5) is 5.69 Å². The smallest absolute Gasteiger partial charge is 0.256 e. The molecule has 2 N–H and O–H groups in total. The molecule has 0 bridgehead atoms. The highest BCUT2D eigenvalue weighted by Gasteiger charge is 2.37. The van der Waals surface area contributed by atoms with Gasteiger partial charge in [0.25, 0.3) is 10.0 Å². The predicted octanol–water partition coefficient (Wildman–Crippen LogP) is 1.98. The van der Waals surface area contributed by atoms with Gasteiger partial charge in [0.1, 0.15) is 15.5 Å². The Balaban J connectivity index is 1.62. The Bertz CT molecular complexity index is 1640. The molecule has 11 nitrogen and oxygen atoms in total. The summed E-state index contributed by atoms with van der Waals surface area (Å²) in [6, 6.07) is 5.15. The second-order valence-electron chi connectivity index (χ2n) is 8.21. The highest BCUT2D eigenvalue weighted by molar-refractivity contribution is 7.90. The van der Waals surface area contributed by atoms with E-state index in [2.05, 4.69) is 20.2 Å². The van der Waals surface area contributed by atoms with Gasteiger partial charge in [-0.25, -0.2) is 26.8 Å². The molecule has 14 heteroatoms. The lowest BCUT2D eigenvalue weighted by Crippen LogP contribution is -2.17. The molecule has 0 atom stereocenters. The Hall–Kier alpha value is -3.03. The molecule has 1 saturated carbocycles. The lowest BCUT2D eigenvalue weighted by molar-refractivity contribution is 0.578. The zero-order chi connectivity index (χ0) is 24.3. The molecule has 5 rings (SSSR count). The molecule has 0 amide bonds. The Labute approximate surface area is 200 Å². The number of halogens is 1. The van der Waals surface area contributed by atoms with E-state index in [9.17, 15) is 16.8 Å². The molecule has 1 aliphatic carbocycles. The normalized spacial score (nSPS) is 14.6. The molecule has 3 heterocycles. The molecule has 4 aromatic rings. The standard InChI is InChI=1S/C20H20ClN7O4S2/c1-33(29,30)7-6-27-19(15-5-2-13(22)8-17(15)26-27)20-23-10-16(21)18(25-20)12-9-24-28(11-12)34(31,32)14-3-4-14/h2,5,8-11,14H,3-4,6-7,22H2,1H3. The van der Waals surface area contributed by atoms with Gasteiger partial charge in [0.2, 0.25) is 0 Å². The summed E-state index contributed by atoms with van der Waals surface area (Å²) in [5.41, 5.74) is 8.17. The molecule has 1 aromatic carbocycles. The molecule has 3 aromatic heterocycles. The second-order valence-corrected chi connectivity index (χ2v) is 13.0. The largest absolute Gasteiger partial charge is 0.399 e. The van der Waals surface area contributed by atoms with Crippen LogP contribution in [0.5, 0.6) is 0 Å². The summed E-state index contributed by atoms with van der Waals surface area (Å²) in [5.74, 6) is 0.119. The maximum absolute atomic E-state index is 12.5. The minimum atomic E-state index is -3.54. The number of sulfone groups is 1. The van der Waals surface area contributed by atoms with Crippen LogP contribution in [-0.4, -0.2) is 63.0 Å². The lowest BCUT2D eigenvalue weighted by Gasteiger charge is -2.08. The highest BCUT2D eigenvalue weighted by atomic mass is 35.5. The van der Waals surface area contributed by atoms with Crippen molar-refractivity contribution in [2.75, 3.05) is 17.7 Å². The number of hydrogen-bond donors (Lipinski definition) is 1. The van der Waals surface area contributed by atoms with Gasteiger partial charge in [0, 0.05) is 22.9 Å². The van der Waals surface area contributed by atoms with Gasteiger partial charge < -0.3 is 5.73 Å². The maximum Gasteiger partial charge on any atom is 0.256 e. The summed E-state index contributed by atoms with van der Waals surface area (Å²) in [6.07, 6.45) is 6.56. The van der Waals surface area contributed by atoms with Gasteiger partial charge in [-0.15, -0.1) is 0 Å². The third-order valence-electron chi connectivity index (χ3n) is 5.43. The summed E-state index contributed by atoms with van der Waals surface area (Å²) in [6.45, 7) is 0.0850. The first-order valence-electron chi connectivity index (χ1n) is 10.3. The summed E-state index contributed by atoms with van der Waals surface area (Å²) in [7, 11) is -6.80. The van der Waals surface area contributed by atoms with E-state index < -0.39 is 25.1 Å². The minimum absolute atomic E-state index is 0.0850. The molecule has 0 saturated heterocycles. The highest BCUT2D eigenvalue weighted by Crippen LogP contribution is 2.33. The Morgan fingerprint density at radius 1 is 1.18 bits per heavy atom. The number of aromatic nitrogens is 6. The van der Waals surface area contributed by atoms with Gasteiger partial charge in [-0.05, 0) is 31.0 Å². The Morgan fingerprint density at radius 3 is 2.65 bits per heavy atom. The van der Waals surface area contributed by atoms with E-state index in [-0.39, 0.29) is 23.1 Å². The van der Waals surface area contributed by atoms with Crippen LogP contribution in [0.1, 0.15) is 12.8 Å². The first-order chi connectivity index (χ1) is 16.0. The number of nitrogen functional groups attached to an aromatic ring is 1. The quantitative estimate of drug-likeness (QED) is 0.359. The number of fused-ring (bicyclic) bond motifs is 1. The molecule has 0 aliphatic heterocycles. The average Bonchev–Trinajstić information content (AvgIpc) is 3.40. The fraction of sp³-hybridized carbons (Fsp3) is 0.300. The zero-order valence-corrected chi connectivity index (χ0v) is 20.3. The van der Waals surface area contributed by atoms with E-state index in [0.29, 0.717) is 46.4 Å². The molecule has 1 aliphatic rings. The SMILES string of the molecule is CS(=O)(=O)CCn1nc2cc(N)ccc2c1-c1ncc(Cl)c(-c2cnn(S(=O)(=O)C3CC3)c2)n1. The van der Waals surface area contributed by atoms with Gasteiger partial charge in [0.15, 0.2) is 5.82 Å². The van der Waals surface area contributed by atoms with Crippen molar-refractivity contribution >= 4 is 48.1 Å². The summed E-state index contributed by atoms with van der Waals surface area (Å²) >= 11 is 6.36. The number of hydrogen-bond acceptors (Lipinski definition) is 9. The summed E-state index contributed by atoms with van der Waals surface area (Å²) in [5, 5.41) is 8.99. The topological polar surface area (TPSA) is 156 Å². The van der Waals surface area contributed by atoms with Crippen LogP contribution in [-0.2, 0) is 26.4 Å². The van der Waals surface area contributed by atoms with E-state index in [0.717, 1.165) is 10.3 Å². The lowest BCUT2D eigenvalue weighted by atomic mass is 10.1. The number of anilines is 1. The first kappa shape index (κ1) is 22.7. The van der Waals surface area contributed by atoms with Crippen molar-refractivity contribution in [1.29, 1.82) is 0 Å². The van der Waals surface area contributed by atoms with E-state index in [1.165, 1.54) is 23.3 Å². The van der Waals surface area contributed by atoms with E-state index in [4.69, 9.17) is 17.3 Å².